The Morgan fingerprint density at radius 2 is 1.95 bits per heavy atom. The minimum atomic E-state index is -1.33. The van der Waals surface area contributed by atoms with Crippen LogP contribution in [0.25, 0.3) is 0 Å². The van der Waals surface area contributed by atoms with Crippen LogP contribution in [0.4, 0.5) is 15.8 Å². The van der Waals surface area contributed by atoms with Gasteiger partial charge in [-0.2, -0.15) is 0 Å². The molecule has 1 rings (SSSR count). The molecular weight excluding hydrogens is 265 g/mol. The number of carbonyl (C=O) groups excluding carboxylic acids is 1. The molecule has 0 saturated carbocycles. The number of benzene rings is 1. The summed E-state index contributed by atoms with van der Waals surface area (Å²) in [5.41, 5.74) is 4.97. The minimum absolute atomic E-state index is 0.00511. The Morgan fingerprint density at radius 3 is 2.40 bits per heavy atom. The van der Waals surface area contributed by atoms with Crippen LogP contribution in [0.3, 0.4) is 0 Å². The van der Waals surface area contributed by atoms with Crippen molar-refractivity contribution in [2.45, 2.75) is 6.92 Å². The number of hydrogen-bond acceptors (Lipinski definition) is 4. The van der Waals surface area contributed by atoms with Gasteiger partial charge in [-0.05, 0) is 19.1 Å². The van der Waals surface area contributed by atoms with E-state index in [4.69, 9.17) is 5.73 Å². The van der Waals surface area contributed by atoms with E-state index in [0.717, 1.165) is 6.07 Å². The van der Waals surface area contributed by atoms with Gasteiger partial charge in [-0.3, -0.25) is 4.79 Å². The lowest BCUT2D eigenvalue weighted by Crippen LogP contribution is -2.37. The highest BCUT2D eigenvalue weighted by atomic mass is 19.1. The highest BCUT2D eigenvalue weighted by molar-refractivity contribution is 6.00. The molecule has 0 aromatic heterocycles. The molecule has 0 aliphatic rings. The summed E-state index contributed by atoms with van der Waals surface area (Å²) in [6.07, 6.45) is 0. The molecule has 7 heteroatoms. The van der Waals surface area contributed by atoms with E-state index in [9.17, 15) is 19.1 Å². The SMILES string of the molecule is CCN(CC(=O)N(C)C)c1ccc(F)c(N)c1C(=O)O. The lowest BCUT2D eigenvalue weighted by molar-refractivity contribution is -0.127. The van der Waals surface area contributed by atoms with Crippen LogP contribution in [-0.2, 0) is 4.79 Å². The van der Waals surface area contributed by atoms with Gasteiger partial charge in [-0.1, -0.05) is 0 Å². The van der Waals surface area contributed by atoms with Crippen molar-refractivity contribution < 1.29 is 19.1 Å². The van der Waals surface area contributed by atoms with E-state index < -0.39 is 17.5 Å². The summed E-state index contributed by atoms with van der Waals surface area (Å²) in [5.74, 6) is -2.31. The zero-order valence-electron chi connectivity index (χ0n) is 11.7. The van der Waals surface area contributed by atoms with Crippen molar-refractivity contribution in [1.82, 2.24) is 4.90 Å². The van der Waals surface area contributed by atoms with E-state index in [0.29, 0.717) is 6.54 Å². The Bertz CT molecular complexity index is 532. The van der Waals surface area contributed by atoms with Crippen molar-refractivity contribution in [3.05, 3.63) is 23.5 Å². The Hall–Kier alpha value is -2.31. The maximum atomic E-state index is 13.4. The first-order valence-corrected chi connectivity index (χ1v) is 6.05. The van der Waals surface area contributed by atoms with Crippen LogP contribution in [0.2, 0.25) is 0 Å². The lowest BCUT2D eigenvalue weighted by atomic mass is 10.1. The second-order valence-electron chi connectivity index (χ2n) is 4.46. The van der Waals surface area contributed by atoms with Gasteiger partial charge >= 0.3 is 5.97 Å². The number of nitrogens with two attached hydrogens (primary N) is 1. The summed E-state index contributed by atoms with van der Waals surface area (Å²) in [4.78, 5) is 26.0. The number of amides is 1. The van der Waals surface area contributed by atoms with E-state index in [1.807, 2.05) is 0 Å². The quantitative estimate of drug-likeness (QED) is 0.788. The number of likely N-dealkylation sites (N-methyl/N-ethyl adjacent to an activating group) is 2. The number of carboxylic acid groups (broad SMARTS) is 1. The van der Waals surface area contributed by atoms with Gasteiger partial charge < -0.3 is 20.6 Å². The zero-order chi connectivity index (χ0) is 15.4. The number of aromatic carboxylic acids is 1. The number of anilines is 2. The summed E-state index contributed by atoms with van der Waals surface area (Å²) in [5, 5.41) is 9.19. The van der Waals surface area contributed by atoms with Gasteiger partial charge in [0, 0.05) is 20.6 Å². The van der Waals surface area contributed by atoms with Crippen LogP contribution in [0.5, 0.6) is 0 Å². The molecule has 1 aromatic rings. The average Bonchev–Trinajstić information content (AvgIpc) is 2.38. The van der Waals surface area contributed by atoms with E-state index in [1.54, 1.807) is 25.9 Å². The first-order chi connectivity index (χ1) is 9.29. The van der Waals surface area contributed by atoms with Gasteiger partial charge in [0.05, 0.1) is 17.9 Å². The van der Waals surface area contributed by atoms with Gasteiger partial charge in [0.15, 0.2) is 0 Å². The molecule has 0 radical (unpaired) electrons. The standard InChI is InChI=1S/C13H18FN3O3/c1-4-17(7-10(18)16(2)3)9-6-5-8(14)12(15)11(9)13(19)20/h5-6H,4,7,15H2,1-3H3,(H,19,20). The van der Waals surface area contributed by atoms with E-state index >= 15 is 0 Å². The molecule has 0 saturated heterocycles. The molecule has 0 atom stereocenters. The number of nitrogen functional groups attached to an aromatic ring is 1. The molecule has 0 spiro atoms. The largest absolute Gasteiger partial charge is 0.478 e. The Labute approximate surface area is 116 Å². The van der Waals surface area contributed by atoms with Crippen LogP contribution < -0.4 is 10.6 Å². The number of carboxylic acids is 1. The smallest absolute Gasteiger partial charge is 0.340 e. The zero-order valence-corrected chi connectivity index (χ0v) is 11.7. The minimum Gasteiger partial charge on any atom is -0.478 e. The molecule has 1 amide bonds. The summed E-state index contributed by atoms with van der Waals surface area (Å²) in [7, 11) is 3.21. The topological polar surface area (TPSA) is 86.9 Å². The molecule has 0 heterocycles. The predicted molar refractivity (Wildman–Crippen MR) is 74.4 cm³/mol. The molecule has 3 N–H and O–H groups in total. The third-order valence-electron chi connectivity index (χ3n) is 2.93. The second kappa shape index (κ2) is 6.23. The first-order valence-electron chi connectivity index (χ1n) is 6.05. The Balaban J connectivity index is 3.25. The number of carbonyl (C=O) groups is 2. The second-order valence-corrected chi connectivity index (χ2v) is 4.46. The normalized spacial score (nSPS) is 10.2. The molecule has 110 valence electrons. The molecule has 0 fully saturated rings. The summed E-state index contributed by atoms with van der Waals surface area (Å²) < 4.78 is 13.4. The monoisotopic (exact) mass is 283 g/mol. The van der Waals surface area contributed by atoms with Crippen molar-refractivity contribution in [2.75, 3.05) is 37.8 Å². The fourth-order valence-corrected chi connectivity index (χ4v) is 1.74. The lowest BCUT2D eigenvalue weighted by Gasteiger charge is -2.26. The van der Waals surface area contributed by atoms with Crippen molar-refractivity contribution in [3.8, 4) is 0 Å². The predicted octanol–water partition coefficient (Wildman–Crippen LogP) is 1.02. The van der Waals surface area contributed by atoms with Crippen molar-refractivity contribution in [2.24, 2.45) is 0 Å². The van der Waals surface area contributed by atoms with Crippen LogP contribution in [0, 0.1) is 5.82 Å². The Kier molecular flexibility index (Phi) is 4.90. The van der Waals surface area contributed by atoms with E-state index in [-0.39, 0.29) is 23.7 Å². The highest BCUT2D eigenvalue weighted by Crippen LogP contribution is 2.28. The van der Waals surface area contributed by atoms with Gasteiger partial charge in [0.25, 0.3) is 0 Å². The van der Waals surface area contributed by atoms with Crippen molar-refractivity contribution in [3.63, 3.8) is 0 Å². The molecule has 6 nitrogen and oxygen atoms in total. The van der Waals surface area contributed by atoms with Gasteiger partial charge in [-0.25, -0.2) is 9.18 Å². The van der Waals surface area contributed by atoms with Gasteiger partial charge in [-0.15, -0.1) is 0 Å². The summed E-state index contributed by atoms with van der Waals surface area (Å²) in [6, 6.07) is 2.42. The Morgan fingerprint density at radius 1 is 1.35 bits per heavy atom. The van der Waals surface area contributed by atoms with Crippen LogP contribution >= 0.6 is 0 Å². The van der Waals surface area contributed by atoms with E-state index in [1.165, 1.54) is 11.0 Å². The van der Waals surface area contributed by atoms with Gasteiger partial charge in [0.1, 0.15) is 11.4 Å². The summed E-state index contributed by atoms with van der Waals surface area (Å²) >= 11 is 0. The molecule has 0 aliphatic heterocycles. The molecule has 0 unspecified atom stereocenters. The van der Waals surface area contributed by atoms with Crippen LogP contribution in [0.15, 0.2) is 12.1 Å². The number of nitrogens with zero attached hydrogens (tertiary/aromatic N) is 2. The molecule has 1 aromatic carbocycles. The van der Waals surface area contributed by atoms with Crippen LogP contribution in [-0.4, -0.2) is 49.1 Å². The molecule has 20 heavy (non-hydrogen) atoms. The van der Waals surface area contributed by atoms with E-state index in [2.05, 4.69) is 0 Å². The van der Waals surface area contributed by atoms with Gasteiger partial charge in [0.2, 0.25) is 5.91 Å². The van der Waals surface area contributed by atoms with Crippen molar-refractivity contribution >= 4 is 23.3 Å². The fourth-order valence-electron chi connectivity index (χ4n) is 1.74. The molecule has 0 aliphatic carbocycles. The maximum Gasteiger partial charge on any atom is 0.340 e. The van der Waals surface area contributed by atoms with Crippen LogP contribution in [0.1, 0.15) is 17.3 Å². The maximum absolute atomic E-state index is 13.4. The molecular formula is C13H18FN3O3. The average molecular weight is 283 g/mol. The number of rotatable bonds is 5. The first kappa shape index (κ1) is 15.7. The fraction of sp³-hybridized carbons (Fsp3) is 0.385. The highest BCUT2D eigenvalue weighted by Gasteiger charge is 2.22. The third-order valence-corrected chi connectivity index (χ3v) is 2.93. The van der Waals surface area contributed by atoms with Crippen molar-refractivity contribution in [1.29, 1.82) is 0 Å². The third kappa shape index (κ3) is 3.17. The summed E-state index contributed by atoms with van der Waals surface area (Å²) in [6.45, 7) is 2.16. The number of hydrogen-bond donors (Lipinski definition) is 2. The molecule has 0 bridgehead atoms. The number of halogens is 1.